The van der Waals surface area contributed by atoms with Crippen molar-refractivity contribution < 1.29 is 0 Å². The summed E-state index contributed by atoms with van der Waals surface area (Å²) in [5.74, 6) is 0. The highest BCUT2D eigenvalue weighted by Gasteiger charge is 2.17. The molecule has 0 amide bonds. The fourth-order valence-electron chi connectivity index (χ4n) is 1.86. The Morgan fingerprint density at radius 2 is 1.69 bits per heavy atom. The molecule has 1 aliphatic carbocycles. The molecule has 1 aliphatic rings. The second kappa shape index (κ2) is 2.87. The van der Waals surface area contributed by atoms with Gasteiger partial charge in [-0.1, -0.05) is 39.0 Å². The molecule has 0 unspecified atom stereocenters. The predicted octanol–water partition coefficient (Wildman–Crippen LogP) is 3.29. The number of benzene rings is 1. The van der Waals surface area contributed by atoms with Gasteiger partial charge in [0, 0.05) is 0 Å². The third-order valence-electron chi connectivity index (χ3n) is 2.80. The zero-order valence-electron chi connectivity index (χ0n) is 8.72. The summed E-state index contributed by atoms with van der Waals surface area (Å²) in [6, 6.07) is 6.94. The number of hydrogen-bond donors (Lipinski definition) is 0. The van der Waals surface area contributed by atoms with Gasteiger partial charge in [-0.3, -0.25) is 0 Å². The van der Waals surface area contributed by atoms with E-state index in [1.54, 1.807) is 0 Å². The molecule has 0 fully saturated rings. The van der Waals surface area contributed by atoms with Crippen molar-refractivity contribution in [3.05, 3.63) is 41.3 Å². The van der Waals surface area contributed by atoms with Crippen LogP contribution >= 0.6 is 0 Å². The van der Waals surface area contributed by atoms with E-state index in [9.17, 15) is 0 Å². The Bertz CT molecular complexity index is 315. The van der Waals surface area contributed by atoms with Gasteiger partial charge in [-0.25, -0.2) is 0 Å². The van der Waals surface area contributed by atoms with Crippen LogP contribution in [0.5, 0.6) is 0 Å². The molecule has 0 saturated heterocycles. The molecule has 0 nitrogen and oxygen atoms in total. The Balaban J connectivity index is 2.42. The van der Waals surface area contributed by atoms with Gasteiger partial charge in [0.05, 0.1) is 0 Å². The molecule has 1 aromatic rings. The van der Waals surface area contributed by atoms with Gasteiger partial charge in [-0.05, 0) is 41.4 Å². The minimum atomic E-state index is 0.289. The van der Waals surface area contributed by atoms with Crippen molar-refractivity contribution in [1.82, 2.24) is 0 Å². The normalized spacial score (nSPS) is 15.9. The van der Waals surface area contributed by atoms with E-state index in [2.05, 4.69) is 45.4 Å². The van der Waals surface area contributed by atoms with E-state index in [4.69, 9.17) is 0 Å². The molecule has 1 aromatic carbocycles. The molecule has 0 N–H and O–H groups in total. The van der Waals surface area contributed by atoms with Gasteiger partial charge in [0.25, 0.3) is 0 Å². The second-order valence-corrected chi connectivity index (χ2v) is 4.93. The van der Waals surface area contributed by atoms with Crippen LogP contribution in [0, 0.1) is 6.42 Å². The van der Waals surface area contributed by atoms with Crippen molar-refractivity contribution in [2.45, 2.75) is 39.0 Å². The van der Waals surface area contributed by atoms with Crippen LogP contribution in [0.3, 0.4) is 0 Å². The fraction of sp³-hybridized carbons (Fsp3) is 0.462. The minimum absolute atomic E-state index is 0.289. The predicted molar refractivity (Wildman–Crippen MR) is 56.9 cm³/mol. The highest BCUT2D eigenvalue weighted by molar-refractivity contribution is 5.40. The summed E-state index contributed by atoms with van der Waals surface area (Å²) in [7, 11) is 0. The van der Waals surface area contributed by atoms with Crippen LogP contribution in [0.25, 0.3) is 0 Å². The van der Waals surface area contributed by atoms with E-state index >= 15 is 0 Å². The Labute approximate surface area is 81.0 Å². The number of hydrogen-bond acceptors (Lipinski definition) is 0. The molecule has 0 heterocycles. The largest absolute Gasteiger partial charge is 0.0585 e. The Morgan fingerprint density at radius 1 is 1.00 bits per heavy atom. The van der Waals surface area contributed by atoms with E-state index in [1.165, 1.54) is 29.5 Å². The third kappa shape index (κ3) is 1.63. The molecule has 0 spiro atoms. The Morgan fingerprint density at radius 3 is 2.38 bits per heavy atom. The van der Waals surface area contributed by atoms with Crippen LogP contribution in [0.1, 0.15) is 37.5 Å². The molecule has 1 radical (unpaired) electrons. The molecule has 0 aromatic heterocycles. The fourth-order valence-corrected chi connectivity index (χ4v) is 1.86. The van der Waals surface area contributed by atoms with E-state index < -0.39 is 0 Å². The molecular weight excluding hydrogens is 156 g/mol. The maximum atomic E-state index is 2.37. The maximum absolute atomic E-state index is 2.37. The monoisotopic (exact) mass is 173 g/mol. The summed E-state index contributed by atoms with van der Waals surface area (Å²) in [5, 5.41) is 0. The summed E-state index contributed by atoms with van der Waals surface area (Å²) in [6.07, 6.45) is 4.69. The lowest BCUT2D eigenvalue weighted by molar-refractivity contribution is 0.589. The SMILES string of the molecule is CC(C)(C)c1ccc2c(c1)C[CH]C2. The van der Waals surface area contributed by atoms with Crippen molar-refractivity contribution >= 4 is 0 Å². The third-order valence-corrected chi connectivity index (χ3v) is 2.80. The van der Waals surface area contributed by atoms with Crippen molar-refractivity contribution in [1.29, 1.82) is 0 Å². The molecule has 0 saturated carbocycles. The van der Waals surface area contributed by atoms with Crippen LogP contribution in [0.4, 0.5) is 0 Å². The molecule has 13 heavy (non-hydrogen) atoms. The molecular formula is C13H17. The van der Waals surface area contributed by atoms with E-state index in [-0.39, 0.29) is 5.41 Å². The first-order valence-corrected chi connectivity index (χ1v) is 5.01. The van der Waals surface area contributed by atoms with Gasteiger partial charge >= 0.3 is 0 Å². The van der Waals surface area contributed by atoms with Crippen LogP contribution in [-0.2, 0) is 18.3 Å². The highest BCUT2D eigenvalue weighted by atomic mass is 14.2. The summed E-state index contributed by atoms with van der Waals surface area (Å²) in [5.41, 5.74) is 4.81. The van der Waals surface area contributed by atoms with E-state index in [1.807, 2.05) is 0 Å². The Hall–Kier alpha value is -0.780. The zero-order valence-corrected chi connectivity index (χ0v) is 8.72. The zero-order chi connectivity index (χ0) is 9.47. The molecule has 0 heteroatoms. The van der Waals surface area contributed by atoms with Gasteiger partial charge in [-0.2, -0.15) is 0 Å². The lowest BCUT2D eigenvalue weighted by Gasteiger charge is -2.19. The van der Waals surface area contributed by atoms with Crippen molar-refractivity contribution in [3.8, 4) is 0 Å². The lowest BCUT2D eigenvalue weighted by atomic mass is 9.85. The number of fused-ring (bicyclic) bond motifs is 1. The molecule has 0 atom stereocenters. The van der Waals surface area contributed by atoms with E-state index in [0.717, 1.165) is 0 Å². The topological polar surface area (TPSA) is 0 Å². The summed E-state index contributed by atoms with van der Waals surface area (Å²) in [4.78, 5) is 0. The molecule has 0 bridgehead atoms. The average Bonchev–Trinajstić information content (AvgIpc) is 2.47. The smallest absolute Gasteiger partial charge is 0.0132 e. The van der Waals surface area contributed by atoms with Crippen LogP contribution in [0.15, 0.2) is 18.2 Å². The first kappa shape index (κ1) is 8.80. The average molecular weight is 173 g/mol. The van der Waals surface area contributed by atoms with Gasteiger partial charge in [0.1, 0.15) is 0 Å². The van der Waals surface area contributed by atoms with Gasteiger partial charge in [-0.15, -0.1) is 0 Å². The number of rotatable bonds is 0. The van der Waals surface area contributed by atoms with Crippen LogP contribution in [0.2, 0.25) is 0 Å². The van der Waals surface area contributed by atoms with Gasteiger partial charge < -0.3 is 0 Å². The summed E-state index contributed by atoms with van der Waals surface area (Å²) in [6.45, 7) is 6.81. The minimum Gasteiger partial charge on any atom is -0.0585 e. The van der Waals surface area contributed by atoms with Crippen LogP contribution in [-0.4, -0.2) is 0 Å². The van der Waals surface area contributed by atoms with Gasteiger partial charge in [0.2, 0.25) is 0 Å². The summed E-state index contributed by atoms with van der Waals surface area (Å²) < 4.78 is 0. The van der Waals surface area contributed by atoms with Crippen LogP contribution < -0.4 is 0 Å². The first-order valence-electron chi connectivity index (χ1n) is 5.01. The van der Waals surface area contributed by atoms with Crippen molar-refractivity contribution in [3.63, 3.8) is 0 Å². The molecule has 0 aliphatic heterocycles. The summed E-state index contributed by atoms with van der Waals surface area (Å²) >= 11 is 0. The quantitative estimate of drug-likeness (QED) is 0.564. The molecule has 69 valence electrons. The van der Waals surface area contributed by atoms with Crippen molar-refractivity contribution in [2.75, 3.05) is 0 Å². The standard InChI is InChI=1S/C13H17/c1-13(2,3)12-8-7-10-5-4-6-11(10)9-12/h4,7-9H,5-6H2,1-3H3. The van der Waals surface area contributed by atoms with Crippen molar-refractivity contribution in [2.24, 2.45) is 0 Å². The first-order chi connectivity index (χ1) is 6.07. The second-order valence-electron chi connectivity index (χ2n) is 4.93. The van der Waals surface area contributed by atoms with Gasteiger partial charge in [0.15, 0.2) is 0 Å². The van der Waals surface area contributed by atoms with E-state index in [0.29, 0.717) is 0 Å². The highest BCUT2D eigenvalue weighted by Crippen LogP contribution is 2.28. The Kier molecular flexibility index (Phi) is 1.94. The molecule has 2 rings (SSSR count). The lowest BCUT2D eigenvalue weighted by Crippen LogP contribution is -2.11. The maximum Gasteiger partial charge on any atom is -0.0132 e.